The third-order valence-corrected chi connectivity index (χ3v) is 2.70. The van der Waals surface area contributed by atoms with Crippen LogP contribution in [0.15, 0.2) is 6.20 Å². The van der Waals surface area contributed by atoms with Gasteiger partial charge in [0.25, 0.3) is 5.69 Å². The van der Waals surface area contributed by atoms with Crippen molar-refractivity contribution in [2.45, 2.75) is 33.4 Å². The van der Waals surface area contributed by atoms with E-state index in [-0.39, 0.29) is 12.2 Å². The molecule has 0 spiro atoms. The molecule has 0 aromatic carbocycles. The quantitative estimate of drug-likeness (QED) is 0.602. The number of nitrogens with one attached hydrogen (secondary N) is 1. The molecule has 2 N–H and O–H groups in total. The zero-order valence-electron chi connectivity index (χ0n) is 10.4. The molecule has 0 radical (unpaired) electrons. The van der Waals surface area contributed by atoms with Gasteiger partial charge >= 0.3 is 5.97 Å². The van der Waals surface area contributed by atoms with E-state index in [1.165, 1.54) is 13.1 Å². The minimum absolute atomic E-state index is 0.0322. The summed E-state index contributed by atoms with van der Waals surface area (Å²) < 4.78 is 0. The number of hydrogen-bond donors (Lipinski definition) is 2. The first-order valence-corrected chi connectivity index (χ1v) is 5.40. The largest absolute Gasteiger partial charge is 0.480 e. The second-order valence-electron chi connectivity index (χ2n) is 4.06. The summed E-state index contributed by atoms with van der Waals surface area (Å²) in [6.45, 7) is 4.91. The predicted octanol–water partition coefficient (Wildman–Crippen LogP) is 1.17. The van der Waals surface area contributed by atoms with E-state index in [1.807, 2.05) is 0 Å². The smallest absolute Gasteiger partial charge is 0.320 e. The Morgan fingerprint density at radius 1 is 1.61 bits per heavy atom. The monoisotopic (exact) mass is 253 g/mol. The Hall–Kier alpha value is -2.02. The van der Waals surface area contributed by atoms with Crippen LogP contribution in [0.25, 0.3) is 0 Å². The Morgan fingerprint density at radius 3 is 2.72 bits per heavy atom. The fourth-order valence-corrected chi connectivity index (χ4v) is 1.56. The van der Waals surface area contributed by atoms with Gasteiger partial charge in [-0.3, -0.25) is 25.2 Å². The van der Waals surface area contributed by atoms with Gasteiger partial charge in [0, 0.05) is 23.9 Å². The number of carbonyl (C=O) groups is 1. The van der Waals surface area contributed by atoms with Gasteiger partial charge in [0.05, 0.1) is 10.6 Å². The highest BCUT2D eigenvalue weighted by Crippen LogP contribution is 2.23. The lowest BCUT2D eigenvalue weighted by molar-refractivity contribution is -0.386. The fraction of sp³-hybridized carbons (Fsp3) is 0.455. The SMILES string of the molecule is Cc1cnc(CNC(C)C(=O)O)c(C)c1[N+](=O)[O-]. The Kier molecular flexibility index (Phi) is 4.33. The number of carboxylic acids is 1. The minimum atomic E-state index is -0.978. The van der Waals surface area contributed by atoms with Gasteiger partial charge in [-0.2, -0.15) is 0 Å². The van der Waals surface area contributed by atoms with E-state index in [2.05, 4.69) is 10.3 Å². The molecule has 0 saturated carbocycles. The van der Waals surface area contributed by atoms with Gasteiger partial charge in [0.15, 0.2) is 0 Å². The van der Waals surface area contributed by atoms with Gasteiger partial charge in [-0.1, -0.05) is 0 Å². The summed E-state index contributed by atoms with van der Waals surface area (Å²) in [7, 11) is 0. The number of pyridine rings is 1. The van der Waals surface area contributed by atoms with Crippen LogP contribution in [-0.4, -0.2) is 27.0 Å². The number of rotatable bonds is 5. The topological polar surface area (TPSA) is 105 Å². The van der Waals surface area contributed by atoms with Crippen molar-refractivity contribution >= 4 is 11.7 Å². The molecule has 0 aliphatic rings. The highest BCUT2D eigenvalue weighted by atomic mass is 16.6. The molecule has 98 valence electrons. The summed E-state index contributed by atoms with van der Waals surface area (Å²) in [5.41, 5.74) is 1.47. The molecular weight excluding hydrogens is 238 g/mol. The molecule has 1 atom stereocenters. The number of nitrogens with zero attached hydrogens (tertiary/aromatic N) is 2. The highest BCUT2D eigenvalue weighted by molar-refractivity contribution is 5.72. The third-order valence-electron chi connectivity index (χ3n) is 2.70. The molecular formula is C11H15N3O4. The van der Waals surface area contributed by atoms with E-state index >= 15 is 0 Å². The van der Waals surface area contributed by atoms with Crippen molar-refractivity contribution in [1.29, 1.82) is 0 Å². The number of aromatic nitrogens is 1. The van der Waals surface area contributed by atoms with E-state index < -0.39 is 16.9 Å². The molecule has 1 rings (SSSR count). The Labute approximate surface area is 104 Å². The molecule has 0 saturated heterocycles. The van der Waals surface area contributed by atoms with Crippen LogP contribution in [0.1, 0.15) is 23.7 Å². The molecule has 18 heavy (non-hydrogen) atoms. The van der Waals surface area contributed by atoms with E-state index in [0.29, 0.717) is 16.8 Å². The summed E-state index contributed by atoms with van der Waals surface area (Å²) in [5, 5.41) is 22.4. The van der Waals surface area contributed by atoms with Gasteiger partial charge < -0.3 is 5.11 Å². The maximum Gasteiger partial charge on any atom is 0.320 e. The van der Waals surface area contributed by atoms with E-state index in [1.54, 1.807) is 13.8 Å². The number of aliphatic carboxylic acids is 1. The van der Waals surface area contributed by atoms with Crippen LogP contribution in [0.3, 0.4) is 0 Å². The molecule has 0 amide bonds. The molecule has 0 aliphatic carbocycles. The van der Waals surface area contributed by atoms with Crippen LogP contribution in [0, 0.1) is 24.0 Å². The van der Waals surface area contributed by atoms with Gasteiger partial charge in [-0.15, -0.1) is 0 Å². The molecule has 1 heterocycles. The van der Waals surface area contributed by atoms with Crippen molar-refractivity contribution in [3.63, 3.8) is 0 Å². The Bertz CT molecular complexity index is 487. The summed E-state index contributed by atoms with van der Waals surface area (Å²) in [4.78, 5) is 25.2. The van der Waals surface area contributed by atoms with Crippen molar-refractivity contribution < 1.29 is 14.8 Å². The summed E-state index contributed by atoms with van der Waals surface area (Å²) in [6.07, 6.45) is 1.42. The molecule has 7 heteroatoms. The molecule has 0 fully saturated rings. The average Bonchev–Trinajstić information content (AvgIpc) is 2.27. The molecule has 1 aromatic heterocycles. The Balaban J connectivity index is 2.95. The third kappa shape index (κ3) is 3.01. The van der Waals surface area contributed by atoms with Crippen LogP contribution < -0.4 is 5.32 Å². The lowest BCUT2D eigenvalue weighted by atomic mass is 10.1. The van der Waals surface area contributed by atoms with Crippen LogP contribution in [0.4, 0.5) is 5.69 Å². The summed E-state index contributed by atoms with van der Waals surface area (Å²) in [6, 6.07) is -0.730. The standard InChI is InChI=1S/C11H15N3O4/c1-6-4-13-9(5-12-8(3)11(15)16)7(2)10(6)14(17)18/h4,8,12H,5H2,1-3H3,(H,15,16). The normalized spacial score (nSPS) is 12.2. The van der Waals surface area contributed by atoms with Gasteiger partial charge in [-0.05, 0) is 20.8 Å². The van der Waals surface area contributed by atoms with Crippen molar-refractivity contribution in [2.24, 2.45) is 0 Å². The van der Waals surface area contributed by atoms with Gasteiger partial charge in [0.1, 0.15) is 6.04 Å². The zero-order valence-corrected chi connectivity index (χ0v) is 10.4. The maximum absolute atomic E-state index is 10.9. The van der Waals surface area contributed by atoms with E-state index in [9.17, 15) is 14.9 Å². The molecule has 0 aliphatic heterocycles. The maximum atomic E-state index is 10.9. The van der Waals surface area contributed by atoms with Crippen molar-refractivity contribution in [3.05, 3.63) is 33.1 Å². The fourth-order valence-electron chi connectivity index (χ4n) is 1.56. The lowest BCUT2D eigenvalue weighted by Crippen LogP contribution is -2.33. The Morgan fingerprint density at radius 2 is 2.22 bits per heavy atom. The van der Waals surface area contributed by atoms with Crippen molar-refractivity contribution in [2.75, 3.05) is 0 Å². The first kappa shape index (κ1) is 14.0. The minimum Gasteiger partial charge on any atom is -0.480 e. The molecule has 1 unspecified atom stereocenters. The van der Waals surface area contributed by atoms with Crippen LogP contribution in [0.2, 0.25) is 0 Å². The van der Waals surface area contributed by atoms with Crippen LogP contribution >= 0.6 is 0 Å². The van der Waals surface area contributed by atoms with Gasteiger partial charge in [-0.25, -0.2) is 0 Å². The molecule has 1 aromatic rings. The average molecular weight is 253 g/mol. The number of hydrogen-bond acceptors (Lipinski definition) is 5. The van der Waals surface area contributed by atoms with Gasteiger partial charge in [0.2, 0.25) is 0 Å². The second-order valence-corrected chi connectivity index (χ2v) is 4.06. The first-order valence-electron chi connectivity index (χ1n) is 5.40. The summed E-state index contributed by atoms with van der Waals surface area (Å²) in [5.74, 6) is -0.978. The zero-order chi connectivity index (χ0) is 13.9. The van der Waals surface area contributed by atoms with Crippen LogP contribution in [0.5, 0.6) is 0 Å². The number of aryl methyl sites for hydroxylation is 1. The number of carboxylic acid groups (broad SMARTS) is 1. The van der Waals surface area contributed by atoms with E-state index in [0.717, 1.165) is 0 Å². The molecule has 0 bridgehead atoms. The van der Waals surface area contributed by atoms with Crippen LogP contribution in [-0.2, 0) is 11.3 Å². The molecule has 7 nitrogen and oxygen atoms in total. The second kappa shape index (κ2) is 5.54. The highest BCUT2D eigenvalue weighted by Gasteiger charge is 2.19. The number of nitro groups is 1. The first-order chi connectivity index (χ1) is 8.34. The van der Waals surface area contributed by atoms with Crippen molar-refractivity contribution in [3.8, 4) is 0 Å². The summed E-state index contributed by atoms with van der Waals surface area (Å²) >= 11 is 0. The van der Waals surface area contributed by atoms with Crippen molar-refractivity contribution in [1.82, 2.24) is 10.3 Å². The lowest BCUT2D eigenvalue weighted by Gasteiger charge is -2.11. The predicted molar refractivity (Wildman–Crippen MR) is 64.3 cm³/mol. The van der Waals surface area contributed by atoms with E-state index in [4.69, 9.17) is 5.11 Å².